The first kappa shape index (κ1) is 16.8. The molecule has 1 atom stereocenters. The summed E-state index contributed by atoms with van der Waals surface area (Å²) in [6.07, 6.45) is 0.683. The highest BCUT2D eigenvalue weighted by atomic mass is 32.2. The number of nitrogens with zero attached hydrogens (tertiary/aromatic N) is 1. The molecule has 5 nitrogen and oxygen atoms in total. The number of carbonyl (C=O) groups is 1. The lowest BCUT2D eigenvalue weighted by molar-refractivity contribution is -0.118. The molecule has 0 radical (unpaired) electrons. The number of amides is 1. The first-order chi connectivity index (χ1) is 10.3. The van der Waals surface area contributed by atoms with Gasteiger partial charge in [0.15, 0.2) is 9.84 Å². The number of anilines is 2. The van der Waals surface area contributed by atoms with Crippen LogP contribution in [0.15, 0.2) is 24.3 Å². The number of benzene rings is 1. The lowest BCUT2D eigenvalue weighted by Gasteiger charge is -2.29. The van der Waals surface area contributed by atoms with Crippen LogP contribution in [0, 0.1) is 5.92 Å². The van der Waals surface area contributed by atoms with Gasteiger partial charge in [-0.3, -0.25) is 4.79 Å². The summed E-state index contributed by atoms with van der Waals surface area (Å²) in [5, 5.41) is 2.85. The number of hydrogen-bond donors (Lipinski definition) is 1. The van der Waals surface area contributed by atoms with Gasteiger partial charge in [-0.25, -0.2) is 8.42 Å². The highest BCUT2D eigenvalue weighted by molar-refractivity contribution is 7.91. The molecule has 1 fully saturated rings. The standard InChI is InChI=1S/C16H24N2O3S/c1-4-18(15-9-10-22(20,21)11-15)14-7-5-13(6-8-14)17-16(19)12(2)3/h5-8,12,15H,4,9-11H2,1-3H3,(H,17,19). The Balaban J connectivity index is 2.09. The molecule has 1 aromatic carbocycles. The fourth-order valence-corrected chi connectivity index (χ4v) is 4.43. The van der Waals surface area contributed by atoms with E-state index in [0.29, 0.717) is 6.42 Å². The molecule has 6 heteroatoms. The third-order valence-electron chi connectivity index (χ3n) is 3.98. The Labute approximate surface area is 132 Å². The lowest BCUT2D eigenvalue weighted by Crippen LogP contribution is -2.36. The second kappa shape index (κ2) is 6.69. The molecular formula is C16H24N2O3S. The molecule has 1 aliphatic heterocycles. The molecule has 1 saturated heterocycles. The first-order valence-corrected chi connectivity index (χ1v) is 9.52. The Hall–Kier alpha value is -1.56. The van der Waals surface area contributed by atoms with Gasteiger partial charge < -0.3 is 10.2 Å². The zero-order valence-corrected chi connectivity index (χ0v) is 14.2. The maximum absolute atomic E-state index is 11.7. The molecule has 0 aromatic heterocycles. The first-order valence-electron chi connectivity index (χ1n) is 7.70. The predicted molar refractivity (Wildman–Crippen MR) is 90.0 cm³/mol. The molecule has 1 N–H and O–H groups in total. The van der Waals surface area contributed by atoms with Gasteiger partial charge in [-0.05, 0) is 37.6 Å². The van der Waals surface area contributed by atoms with Gasteiger partial charge in [0.05, 0.1) is 11.5 Å². The van der Waals surface area contributed by atoms with Crippen LogP contribution in [0.1, 0.15) is 27.2 Å². The van der Waals surface area contributed by atoms with Crippen LogP contribution < -0.4 is 10.2 Å². The van der Waals surface area contributed by atoms with Crippen molar-refractivity contribution in [3.63, 3.8) is 0 Å². The number of sulfone groups is 1. The third kappa shape index (κ3) is 4.00. The molecule has 1 amide bonds. The summed E-state index contributed by atoms with van der Waals surface area (Å²) in [5.41, 5.74) is 1.75. The van der Waals surface area contributed by atoms with E-state index in [9.17, 15) is 13.2 Å². The van der Waals surface area contributed by atoms with Crippen molar-refractivity contribution in [1.82, 2.24) is 0 Å². The fourth-order valence-electron chi connectivity index (χ4n) is 2.70. The topological polar surface area (TPSA) is 66.5 Å². The number of nitrogens with one attached hydrogen (secondary N) is 1. The van der Waals surface area contributed by atoms with E-state index in [-0.39, 0.29) is 29.4 Å². The van der Waals surface area contributed by atoms with Crippen molar-refractivity contribution in [1.29, 1.82) is 0 Å². The molecule has 1 aromatic rings. The highest BCUT2D eigenvalue weighted by Gasteiger charge is 2.31. The quantitative estimate of drug-likeness (QED) is 0.902. The molecule has 0 bridgehead atoms. The predicted octanol–water partition coefficient (Wildman–Crippen LogP) is 2.29. The molecular weight excluding hydrogens is 300 g/mol. The third-order valence-corrected chi connectivity index (χ3v) is 5.73. The van der Waals surface area contributed by atoms with Crippen LogP contribution in [0.25, 0.3) is 0 Å². The van der Waals surface area contributed by atoms with E-state index in [1.807, 2.05) is 45.0 Å². The van der Waals surface area contributed by atoms with Crippen molar-refractivity contribution in [3.05, 3.63) is 24.3 Å². The van der Waals surface area contributed by atoms with Crippen LogP contribution in [0.4, 0.5) is 11.4 Å². The molecule has 0 saturated carbocycles. The highest BCUT2D eigenvalue weighted by Crippen LogP contribution is 2.25. The van der Waals surface area contributed by atoms with E-state index < -0.39 is 9.84 Å². The SMILES string of the molecule is CCN(c1ccc(NC(=O)C(C)C)cc1)C1CCS(=O)(=O)C1. The van der Waals surface area contributed by atoms with Crippen LogP contribution in [0.3, 0.4) is 0 Å². The van der Waals surface area contributed by atoms with Crippen molar-refractivity contribution in [2.75, 3.05) is 28.3 Å². The molecule has 1 aliphatic rings. The van der Waals surface area contributed by atoms with Crippen LogP contribution in [0.2, 0.25) is 0 Å². The summed E-state index contributed by atoms with van der Waals surface area (Å²) in [6.45, 7) is 6.49. The number of rotatable bonds is 5. The maximum Gasteiger partial charge on any atom is 0.226 e. The second-order valence-corrected chi connectivity index (χ2v) is 8.26. The van der Waals surface area contributed by atoms with Gasteiger partial charge >= 0.3 is 0 Å². The monoisotopic (exact) mass is 324 g/mol. The minimum Gasteiger partial charge on any atom is -0.368 e. The van der Waals surface area contributed by atoms with Gasteiger partial charge in [0.2, 0.25) is 5.91 Å². The van der Waals surface area contributed by atoms with Crippen LogP contribution >= 0.6 is 0 Å². The van der Waals surface area contributed by atoms with Crippen molar-refractivity contribution in [2.24, 2.45) is 5.92 Å². The second-order valence-electron chi connectivity index (χ2n) is 6.03. The Morgan fingerprint density at radius 2 is 1.95 bits per heavy atom. The van der Waals surface area contributed by atoms with E-state index in [1.165, 1.54) is 0 Å². The molecule has 122 valence electrons. The summed E-state index contributed by atoms with van der Waals surface area (Å²) in [6, 6.07) is 7.64. The van der Waals surface area contributed by atoms with Crippen molar-refractivity contribution < 1.29 is 13.2 Å². The lowest BCUT2D eigenvalue weighted by atomic mass is 10.1. The number of hydrogen-bond acceptors (Lipinski definition) is 4. The van der Waals surface area contributed by atoms with E-state index in [4.69, 9.17) is 0 Å². The summed E-state index contributed by atoms with van der Waals surface area (Å²) >= 11 is 0. The minimum atomic E-state index is -2.89. The molecule has 0 aliphatic carbocycles. The zero-order valence-electron chi connectivity index (χ0n) is 13.4. The van der Waals surface area contributed by atoms with Gasteiger partial charge in [0.25, 0.3) is 0 Å². The average Bonchev–Trinajstić information content (AvgIpc) is 2.81. The van der Waals surface area contributed by atoms with Crippen molar-refractivity contribution in [3.8, 4) is 0 Å². The van der Waals surface area contributed by atoms with E-state index in [2.05, 4.69) is 10.2 Å². The zero-order chi connectivity index (χ0) is 16.3. The van der Waals surface area contributed by atoms with Crippen LogP contribution in [-0.4, -0.2) is 38.4 Å². The molecule has 22 heavy (non-hydrogen) atoms. The Bertz CT molecular complexity index is 623. The molecule has 0 spiro atoms. The smallest absolute Gasteiger partial charge is 0.226 e. The largest absolute Gasteiger partial charge is 0.368 e. The van der Waals surface area contributed by atoms with Crippen molar-refractivity contribution in [2.45, 2.75) is 33.2 Å². The van der Waals surface area contributed by atoms with Gasteiger partial charge in [-0.2, -0.15) is 0 Å². The Morgan fingerprint density at radius 1 is 1.32 bits per heavy atom. The Kier molecular flexibility index (Phi) is 5.11. The Morgan fingerprint density at radius 3 is 2.41 bits per heavy atom. The summed E-state index contributed by atoms with van der Waals surface area (Å²) in [4.78, 5) is 13.8. The average molecular weight is 324 g/mol. The van der Waals surface area contributed by atoms with Gasteiger partial charge in [0, 0.05) is 29.9 Å². The fraction of sp³-hybridized carbons (Fsp3) is 0.562. The summed E-state index contributed by atoms with van der Waals surface area (Å²) < 4.78 is 23.3. The van der Waals surface area contributed by atoms with Crippen molar-refractivity contribution >= 4 is 27.1 Å². The molecule has 1 unspecified atom stereocenters. The molecule has 2 rings (SSSR count). The van der Waals surface area contributed by atoms with Gasteiger partial charge in [-0.1, -0.05) is 13.8 Å². The molecule has 1 heterocycles. The van der Waals surface area contributed by atoms with E-state index in [1.54, 1.807) is 0 Å². The van der Waals surface area contributed by atoms with Crippen LogP contribution in [0.5, 0.6) is 0 Å². The summed E-state index contributed by atoms with van der Waals surface area (Å²) in [5.74, 6) is 0.432. The van der Waals surface area contributed by atoms with E-state index >= 15 is 0 Å². The minimum absolute atomic E-state index is 0.0121. The maximum atomic E-state index is 11.7. The summed E-state index contributed by atoms with van der Waals surface area (Å²) in [7, 11) is -2.89. The van der Waals surface area contributed by atoms with Crippen LogP contribution in [-0.2, 0) is 14.6 Å². The number of carbonyl (C=O) groups excluding carboxylic acids is 1. The van der Waals surface area contributed by atoms with E-state index in [0.717, 1.165) is 17.9 Å². The van der Waals surface area contributed by atoms with Gasteiger partial charge in [0.1, 0.15) is 0 Å². The van der Waals surface area contributed by atoms with Gasteiger partial charge in [-0.15, -0.1) is 0 Å². The normalized spacial score (nSPS) is 20.1.